The highest BCUT2D eigenvalue weighted by atomic mass is 32.2. The SMILES string of the molecule is Cc1oc(CN)cc1S(=O)(=O)N(C)CCN(C)C. The molecule has 1 aromatic rings. The summed E-state index contributed by atoms with van der Waals surface area (Å²) in [5.41, 5.74) is 5.44. The van der Waals surface area contributed by atoms with Gasteiger partial charge >= 0.3 is 0 Å². The molecule has 7 heteroatoms. The third-order valence-electron chi connectivity index (χ3n) is 2.67. The second-order valence-electron chi connectivity index (χ2n) is 4.47. The Balaban J connectivity index is 2.94. The molecule has 0 saturated heterocycles. The van der Waals surface area contributed by atoms with Gasteiger partial charge in [0.1, 0.15) is 16.4 Å². The number of likely N-dealkylation sites (N-methyl/N-ethyl adjacent to an activating group) is 2. The van der Waals surface area contributed by atoms with E-state index in [1.54, 1.807) is 14.0 Å². The van der Waals surface area contributed by atoms with Crippen LogP contribution >= 0.6 is 0 Å². The molecule has 0 amide bonds. The van der Waals surface area contributed by atoms with Crippen LogP contribution in [0.5, 0.6) is 0 Å². The van der Waals surface area contributed by atoms with Gasteiger partial charge in [0.2, 0.25) is 10.0 Å². The van der Waals surface area contributed by atoms with E-state index in [-0.39, 0.29) is 11.4 Å². The Hall–Kier alpha value is -0.890. The molecule has 0 unspecified atom stereocenters. The van der Waals surface area contributed by atoms with Crippen molar-refractivity contribution >= 4 is 10.0 Å². The van der Waals surface area contributed by atoms with E-state index in [0.717, 1.165) is 0 Å². The molecule has 0 radical (unpaired) electrons. The van der Waals surface area contributed by atoms with Crippen molar-refractivity contribution in [1.29, 1.82) is 0 Å². The lowest BCUT2D eigenvalue weighted by molar-refractivity contribution is 0.358. The lowest BCUT2D eigenvalue weighted by Crippen LogP contribution is -2.33. The molecule has 18 heavy (non-hydrogen) atoms. The molecule has 6 nitrogen and oxygen atoms in total. The van der Waals surface area contributed by atoms with Gasteiger partial charge in [-0.25, -0.2) is 8.42 Å². The van der Waals surface area contributed by atoms with Crippen LogP contribution < -0.4 is 5.73 Å². The second kappa shape index (κ2) is 5.83. The van der Waals surface area contributed by atoms with Crippen LogP contribution in [0.15, 0.2) is 15.4 Å². The van der Waals surface area contributed by atoms with Crippen molar-refractivity contribution in [2.75, 3.05) is 34.2 Å². The van der Waals surface area contributed by atoms with E-state index >= 15 is 0 Å². The number of sulfonamides is 1. The summed E-state index contributed by atoms with van der Waals surface area (Å²) >= 11 is 0. The van der Waals surface area contributed by atoms with Gasteiger partial charge in [-0.15, -0.1) is 0 Å². The second-order valence-corrected chi connectivity index (χ2v) is 6.48. The fraction of sp³-hybridized carbons (Fsp3) is 0.636. The van der Waals surface area contributed by atoms with E-state index in [1.165, 1.54) is 10.4 Å². The van der Waals surface area contributed by atoms with E-state index in [9.17, 15) is 8.42 Å². The molecular formula is C11H21N3O3S. The molecule has 0 bridgehead atoms. The Morgan fingerprint density at radius 3 is 2.33 bits per heavy atom. The van der Waals surface area contributed by atoms with E-state index in [0.29, 0.717) is 24.6 Å². The first-order valence-corrected chi connectivity index (χ1v) is 7.13. The molecule has 1 rings (SSSR count). The van der Waals surface area contributed by atoms with Gasteiger partial charge < -0.3 is 15.1 Å². The monoisotopic (exact) mass is 275 g/mol. The predicted molar refractivity (Wildman–Crippen MR) is 69.7 cm³/mol. The summed E-state index contributed by atoms with van der Waals surface area (Å²) in [5, 5.41) is 0. The van der Waals surface area contributed by atoms with Crippen LogP contribution in [0.2, 0.25) is 0 Å². The molecule has 2 N–H and O–H groups in total. The summed E-state index contributed by atoms with van der Waals surface area (Å²) in [7, 11) is 1.86. The van der Waals surface area contributed by atoms with Crippen LogP contribution in [0.25, 0.3) is 0 Å². The summed E-state index contributed by atoms with van der Waals surface area (Å²) in [6.45, 7) is 2.91. The minimum Gasteiger partial charge on any atom is -0.464 e. The topological polar surface area (TPSA) is 79.8 Å². The lowest BCUT2D eigenvalue weighted by atomic mass is 10.4. The van der Waals surface area contributed by atoms with Crippen LogP contribution in [0.3, 0.4) is 0 Å². The Morgan fingerprint density at radius 1 is 1.28 bits per heavy atom. The quantitative estimate of drug-likeness (QED) is 0.804. The first-order valence-electron chi connectivity index (χ1n) is 5.69. The summed E-state index contributed by atoms with van der Waals surface area (Å²) in [4.78, 5) is 2.13. The van der Waals surface area contributed by atoms with Crippen LogP contribution in [-0.4, -0.2) is 51.9 Å². The minimum atomic E-state index is -3.50. The van der Waals surface area contributed by atoms with Gasteiger partial charge in [0, 0.05) is 26.2 Å². The maximum Gasteiger partial charge on any atom is 0.246 e. The summed E-state index contributed by atoms with van der Waals surface area (Å²) in [5.74, 6) is 0.860. The van der Waals surface area contributed by atoms with Crippen molar-refractivity contribution in [2.45, 2.75) is 18.4 Å². The van der Waals surface area contributed by atoms with Gasteiger partial charge in [0.05, 0.1) is 6.54 Å². The van der Waals surface area contributed by atoms with E-state index in [1.807, 2.05) is 19.0 Å². The van der Waals surface area contributed by atoms with Crippen molar-refractivity contribution in [3.8, 4) is 0 Å². The first kappa shape index (κ1) is 15.2. The lowest BCUT2D eigenvalue weighted by Gasteiger charge is -2.18. The zero-order valence-electron chi connectivity index (χ0n) is 11.3. The van der Waals surface area contributed by atoms with Crippen LogP contribution in [-0.2, 0) is 16.6 Å². The fourth-order valence-corrected chi connectivity index (χ4v) is 2.85. The van der Waals surface area contributed by atoms with Gasteiger partial charge in [0.25, 0.3) is 0 Å². The Bertz CT molecular complexity index is 494. The highest BCUT2D eigenvalue weighted by Gasteiger charge is 2.25. The standard InChI is InChI=1S/C11H21N3O3S/c1-9-11(7-10(8-12)17-9)18(15,16)14(4)6-5-13(2)3/h7H,5-6,8,12H2,1-4H3. The van der Waals surface area contributed by atoms with Crippen molar-refractivity contribution in [1.82, 2.24) is 9.21 Å². The number of nitrogens with zero attached hydrogens (tertiary/aromatic N) is 2. The fourth-order valence-electron chi connectivity index (χ4n) is 1.51. The summed E-state index contributed by atoms with van der Waals surface area (Å²) < 4.78 is 31.2. The van der Waals surface area contributed by atoms with Gasteiger partial charge in [0.15, 0.2) is 0 Å². The van der Waals surface area contributed by atoms with Gasteiger partial charge in [-0.3, -0.25) is 0 Å². The minimum absolute atomic E-state index is 0.192. The van der Waals surface area contributed by atoms with Gasteiger partial charge in [-0.05, 0) is 21.0 Å². The van der Waals surface area contributed by atoms with Gasteiger partial charge in [-0.1, -0.05) is 0 Å². The normalized spacial score (nSPS) is 12.6. The molecule has 1 heterocycles. The average Bonchev–Trinajstić information content (AvgIpc) is 2.67. The van der Waals surface area contributed by atoms with E-state index in [4.69, 9.17) is 10.2 Å². The average molecular weight is 275 g/mol. The van der Waals surface area contributed by atoms with E-state index < -0.39 is 10.0 Å². The number of aryl methyl sites for hydroxylation is 1. The maximum atomic E-state index is 12.3. The summed E-state index contributed by atoms with van der Waals surface area (Å²) in [6, 6.07) is 1.50. The number of furan rings is 1. The number of nitrogens with two attached hydrogens (primary N) is 1. The molecule has 0 atom stereocenters. The van der Waals surface area contributed by atoms with Gasteiger partial charge in [-0.2, -0.15) is 4.31 Å². The number of hydrogen-bond donors (Lipinski definition) is 1. The van der Waals surface area contributed by atoms with Crippen LogP contribution in [0.4, 0.5) is 0 Å². The Labute approximate surface area is 108 Å². The van der Waals surface area contributed by atoms with Crippen molar-refractivity contribution < 1.29 is 12.8 Å². The molecule has 104 valence electrons. The summed E-state index contributed by atoms with van der Waals surface area (Å²) in [6.07, 6.45) is 0. The third-order valence-corrected chi connectivity index (χ3v) is 4.64. The zero-order chi connectivity index (χ0) is 13.9. The van der Waals surface area contributed by atoms with Crippen molar-refractivity contribution in [3.05, 3.63) is 17.6 Å². The molecule has 0 aliphatic heterocycles. The molecule has 0 aliphatic rings. The smallest absolute Gasteiger partial charge is 0.246 e. The van der Waals surface area contributed by atoms with Crippen LogP contribution in [0, 0.1) is 6.92 Å². The molecule has 0 fully saturated rings. The van der Waals surface area contributed by atoms with Crippen LogP contribution in [0.1, 0.15) is 11.5 Å². The maximum absolute atomic E-state index is 12.3. The molecule has 0 saturated carbocycles. The Kier molecular flexibility index (Phi) is 4.92. The van der Waals surface area contributed by atoms with E-state index in [2.05, 4.69) is 0 Å². The zero-order valence-corrected chi connectivity index (χ0v) is 12.1. The largest absolute Gasteiger partial charge is 0.464 e. The molecule has 0 spiro atoms. The van der Waals surface area contributed by atoms with Crippen molar-refractivity contribution in [2.24, 2.45) is 5.73 Å². The molecular weight excluding hydrogens is 254 g/mol. The molecule has 1 aromatic heterocycles. The number of rotatable bonds is 6. The highest BCUT2D eigenvalue weighted by molar-refractivity contribution is 7.89. The first-order chi connectivity index (χ1) is 8.28. The molecule has 0 aromatic carbocycles. The molecule has 0 aliphatic carbocycles. The van der Waals surface area contributed by atoms with Crippen molar-refractivity contribution in [3.63, 3.8) is 0 Å². The third kappa shape index (κ3) is 3.32. The Morgan fingerprint density at radius 2 is 1.89 bits per heavy atom. The highest BCUT2D eigenvalue weighted by Crippen LogP contribution is 2.22. The predicted octanol–water partition coefficient (Wildman–Crippen LogP) is 0.229. The number of hydrogen-bond acceptors (Lipinski definition) is 5.